The normalized spacial score (nSPS) is 26.0. The first-order chi connectivity index (χ1) is 9.22. The number of ether oxygens (including phenoxy) is 1. The minimum absolute atomic E-state index is 0.265. The maximum absolute atomic E-state index is 5.81. The van der Waals surface area contributed by atoms with Gasteiger partial charge in [-0.1, -0.05) is 11.6 Å². The minimum Gasteiger partial charge on any atom is -0.477 e. The molecule has 0 amide bonds. The van der Waals surface area contributed by atoms with Crippen LogP contribution in [0.15, 0.2) is 24.3 Å². The zero-order valence-corrected chi connectivity index (χ0v) is 11.1. The van der Waals surface area contributed by atoms with Crippen molar-refractivity contribution in [2.45, 2.75) is 13.0 Å². The lowest BCUT2D eigenvalue weighted by molar-refractivity contribution is -0.111. The maximum Gasteiger partial charge on any atom is 0.218 e. The number of rotatable bonds is 0. The topological polar surface area (TPSA) is 34.6 Å². The molecule has 2 atom stereocenters. The van der Waals surface area contributed by atoms with Gasteiger partial charge in [-0.05, 0) is 25.1 Å². The van der Waals surface area contributed by atoms with E-state index in [4.69, 9.17) is 9.57 Å². The van der Waals surface area contributed by atoms with Crippen molar-refractivity contribution < 1.29 is 9.57 Å². The molecule has 0 spiro atoms. The molecule has 0 N–H and O–H groups in total. The lowest BCUT2D eigenvalue weighted by atomic mass is 9.92. The summed E-state index contributed by atoms with van der Waals surface area (Å²) in [5.41, 5.74) is 3.39. The summed E-state index contributed by atoms with van der Waals surface area (Å²) >= 11 is 0. The number of hydroxylamine groups is 2. The molecule has 19 heavy (non-hydrogen) atoms. The van der Waals surface area contributed by atoms with E-state index >= 15 is 0 Å². The Bertz CT molecular complexity index is 656. The fraction of sp³-hybridized carbons (Fsp3) is 0.400. The molecule has 0 saturated carbocycles. The van der Waals surface area contributed by atoms with Crippen LogP contribution < -0.4 is 4.74 Å². The average molecular weight is 256 g/mol. The predicted molar refractivity (Wildman–Crippen MR) is 71.9 cm³/mol. The van der Waals surface area contributed by atoms with Gasteiger partial charge < -0.3 is 4.74 Å². The van der Waals surface area contributed by atoms with E-state index in [-0.39, 0.29) is 6.04 Å². The van der Waals surface area contributed by atoms with Crippen molar-refractivity contribution in [3.8, 4) is 5.88 Å². The number of hydrogen-bond acceptors (Lipinski definition) is 4. The summed E-state index contributed by atoms with van der Waals surface area (Å²) in [7, 11) is 1.99. The molecule has 2 aliphatic rings. The highest BCUT2D eigenvalue weighted by molar-refractivity contribution is 5.81. The number of hydrogen-bond donors (Lipinski definition) is 0. The largest absolute Gasteiger partial charge is 0.477 e. The monoisotopic (exact) mass is 256 g/mol. The van der Waals surface area contributed by atoms with Gasteiger partial charge in [-0.2, -0.15) is 5.06 Å². The molecule has 4 heteroatoms. The van der Waals surface area contributed by atoms with Crippen LogP contribution in [0, 0.1) is 12.8 Å². The Hall–Kier alpha value is -1.65. The lowest BCUT2D eigenvalue weighted by Crippen LogP contribution is -2.29. The molecule has 1 aromatic heterocycles. The number of pyridine rings is 1. The zero-order chi connectivity index (χ0) is 13.0. The summed E-state index contributed by atoms with van der Waals surface area (Å²) < 4.78 is 5.81. The standard InChI is InChI=1S/C15H16N2O2/c1-9-3-4-13-10(5-9)6-12-14-11(8-19-17(14)2)7-18-15(12)16-13/h3-6,11,14H,7-8H2,1-2H3/t11-,14-/m0/s1. The maximum atomic E-state index is 5.81. The molecule has 0 aliphatic carbocycles. The van der Waals surface area contributed by atoms with Gasteiger partial charge in [0.25, 0.3) is 0 Å². The van der Waals surface area contributed by atoms with Gasteiger partial charge in [-0.25, -0.2) is 4.98 Å². The molecule has 0 unspecified atom stereocenters. The van der Waals surface area contributed by atoms with Crippen LogP contribution >= 0.6 is 0 Å². The quantitative estimate of drug-likeness (QED) is 0.725. The van der Waals surface area contributed by atoms with E-state index in [1.807, 2.05) is 12.1 Å². The zero-order valence-electron chi connectivity index (χ0n) is 11.1. The average Bonchev–Trinajstić information content (AvgIpc) is 2.78. The number of benzene rings is 1. The molecule has 98 valence electrons. The van der Waals surface area contributed by atoms with E-state index in [9.17, 15) is 0 Å². The van der Waals surface area contributed by atoms with Crippen molar-refractivity contribution >= 4 is 10.9 Å². The van der Waals surface area contributed by atoms with Crippen molar-refractivity contribution in [2.75, 3.05) is 20.3 Å². The third-order valence-electron chi connectivity index (χ3n) is 4.05. The van der Waals surface area contributed by atoms with Crippen molar-refractivity contribution in [1.29, 1.82) is 0 Å². The van der Waals surface area contributed by atoms with Gasteiger partial charge in [-0.3, -0.25) is 4.84 Å². The second-order valence-electron chi connectivity index (χ2n) is 5.44. The molecule has 0 bridgehead atoms. The van der Waals surface area contributed by atoms with Crippen LogP contribution in [0.3, 0.4) is 0 Å². The second kappa shape index (κ2) is 3.92. The molecule has 1 saturated heterocycles. The highest BCUT2D eigenvalue weighted by Crippen LogP contribution is 2.42. The third kappa shape index (κ3) is 1.64. The molecule has 2 aliphatic heterocycles. The smallest absolute Gasteiger partial charge is 0.218 e. The minimum atomic E-state index is 0.265. The van der Waals surface area contributed by atoms with Crippen LogP contribution in [0.25, 0.3) is 10.9 Å². The van der Waals surface area contributed by atoms with Crippen LogP contribution in [0.1, 0.15) is 17.2 Å². The van der Waals surface area contributed by atoms with Crippen LogP contribution in [0.2, 0.25) is 0 Å². The Morgan fingerprint density at radius 2 is 2.16 bits per heavy atom. The molecule has 1 aromatic carbocycles. The number of aryl methyl sites for hydroxylation is 1. The first kappa shape index (κ1) is 11.2. The Morgan fingerprint density at radius 3 is 3.05 bits per heavy atom. The fourth-order valence-corrected chi connectivity index (χ4v) is 3.08. The molecular weight excluding hydrogens is 240 g/mol. The Morgan fingerprint density at radius 1 is 1.26 bits per heavy atom. The van der Waals surface area contributed by atoms with Crippen molar-refractivity contribution in [3.05, 3.63) is 35.4 Å². The van der Waals surface area contributed by atoms with Gasteiger partial charge in [0.2, 0.25) is 5.88 Å². The Labute approximate surface area is 111 Å². The van der Waals surface area contributed by atoms with Gasteiger partial charge in [-0.15, -0.1) is 0 Å². The molecule has 4 nitrogen and oxygen atoms in total. The Kier molecular flexibility index (Phi) is 2.31. The Balaban J connectivity index is 1.92. The summed E-state index contributed by atoms with van der Waals surface area (Å²) in [6.45, 7) is 3.52. The number of nitrogens with zero attached hydrogens (tertiary/aromatic N) is 2. The molecule has 0 radical (unpaired) electrons. The first-order valence-corrected chi connectivity index (χ1v) is 6.62. The SMILES string of the molecule is Cc1ccc2nc3c(cc2c1)[C@@H]1[C@@H](CO3)CON1C. The van der Waals surface area contributed by atoms with Gasteiger partial charge in [0, 0.05) is 23.9 Å². The van der Waals surface area contributed by atoms with E-state index in [2.05, 4.69) is 36.2 Å². The summed E-state index contributed by atoms with van der Waals surface area (Å²) in [5.74, 6) is 1.16. The second-order valence-corrected chi connectivity index (χ2v) is 5.44. The molecular formula is C15H16N2O2. The van der Waals surface area contributed by atoms with Gasteiger partial charge in [0.15, 0.2) is 0 Å². The summed E-state index contributed by atoms with van der Waals surface area (Å²) in [6, 6.07) is 8.77. The van der Waals surface area contributed by atoms with Crippen molar-refractivity contribution in [1.82, 2.24) is 10.0 Å². The van der Waals surface area contributed by atoms with E-state index < -0.39 is 0 Å². The van der Waals surface area contributed by atoms with Gasteiger partial charge >= 0.3 is 0 Å². The molecule has 4 rings (SSSR count). The van der Waals surface area contributed by atoms with Crippen molar-refractivity contribution in [3.63, 3.8) is 0 Å². The molecule has 1 fully saturated rings. The van der Waals surface area contributed by atoms with Gasteiger partial charge in [0.1, 0.15) is 0 Å². The highest BCUT2D eigenvalue weighted by Gasteiger charge is 2.40. The molecule has 3 heterocycles. The summed E-state index contributed by atoms with van der Waals surface area (Å²) in [5, 5.41) is 3.11. The van der Waals surface area contributed by atoms with Crippen LogP contribution in [0.5, 0.6) is 5.88 Å². The third-order valence-corrected chi connectivity index (χ3v) is 4.05. The van der Waals surface area contributed by atoms with Crippen molar-refractivity contribution in [2.24, 2.45) is 5.92 Å². The molecule has 2 aromatic rings. The van der Waals surface area contributed by atoms with E-state index in [0.717, 1.165) is 23.6 Å². The number of aromatic nitrogens is 1. The number of fused-ring (bicyclic) bond motifs is 4. The first-order valence-electron chi connectivity index (χ1n) is 6.62. The van der Waals surface area contributed by atoms with Gasteiger partial charge in [0.05, 0.1) is 24.8 Å². The van der Waals surface area contributed by atoms with E-state index in [1.54, 1.807) is 0 Å². The fourth-order valence-electron chi connectivity index (χ4n) is 3.08. The lowest BCUT2D eigenvalue weighted by Gasteiger charge is -2.29. The van der Waals surface area contributed by atoms with Crippen LogP contribution in [0.4, 0.5) is 0 Å². The van der Waals surface area contributed by atoms with E-state index in [1.165, 1.54) is 10.9 Å². The highest BCUT2D eigenvalue weighted by atomic mass is 16.7. The van der Waals surface area contributed by atoms with Crippen LogP contribution in [-0.2, 0) is 4.84 Å². The summed E-state index contributed by atoms with van der Waals surface area (Å²) in [4.78, 5) is 10.3. The summed E-state index contributed by atoms with van der Waals surface area (Å²) in [6.07, 6.45) is 0. The predicted octanol–water partition coefficient (Wildman–Crippen LogP) is 2.47. The van der Waals surface area contributed by atoms with E-state index in [0.29, 0.717) is 12.5 Å². The van der Waals surface area contributed by atoms with Crippen LogP contribution in [-0.4, -0.2) is 30.3 Å².